The first-order chi connectivity index (χ1) is 7.75. The average Bonchev–Trinajstić information content (AvgIpc) is 2.74. The zero-order valence-corrected chi connectivity index (χ0v) is 11.1. The average molecular weight is 285 g/mol. The topological polar surface area (TPSA) is 18.5 Å². The van der Waals surface area contributed by atoms with Crippen LogP contribution in [0, 0.1) is 6.92 Å². The Morgan fingerprint density at radius 3 is 3.06 bits per heavy atom. The summed E-state index contributed by atoms with van der Waals surface area (Å²) < 4.78 is 12.4. The Balaban J connectivity index is 1.80. The molecule has 0 radical (unpaired) electrons. The Bertz CT molecular complexity index is 346. The van der Waals surface area contributed by atoms with Gasteiger partial charge in [-0.25, -0.2) is 0 Å². The minimum absolute atomic E-state index is 0.413. The van der Waals surface area contributed by atoms with E-state index in [-0.39, 0.29) is 0 Å². The molecule has 0 spiro atoms. The third kappa shape index (κ3) is 3.22. The number of rotatable bonds is 4. The fraction of sp³-hybridized carbons (Fsp3) is 0.538. The third-order valence-corrected chi connectivity index (χ3v) is 3.35. The van der Waals surface area contributed by atoms with Gasteiger partial charge < -0.3 is 9.47 Å². The van der Waals surface area contributed by atoms with Crippen LogP contribution < -0.4 is 4.74 Å². The third-order valence-electron chi connectivity index (χ3n) is 2.86. The molecule has 0 aromatic heterocycles. The minimum Gasteiger partial charge on any atom is -0.493 e. The van der Waals surface area contributed by atoms with Crippen LogP contribution in [0.1, 0.15) is 24.8 Å². The van der Waals surface area contributed by atoms with E-state index in [1.807, 2.05) is 12.1 Å². The molecule has 1 unspecified atom stereocenters. The highest BCUT2D eigenvalue weighted by atomic mass is 79.9. The van der Waals surface area contributed by atoms with Gasteiger partial charge in [0.1, 0.15) is 5.75 Å². The highest BCUT2D eigenvalue weighted by molar-refractivity contribution is 9.10. The standard InChI is InChI=1S/C13H17BrO2/c1-10-9-11(14)4-5-13(10)16-8-6-12-3-2-7-15-12/h4-5,9,12H,2-3,6-8H2,1H3. The van der Waals surface area contributed by atoms with Gasteiger partial charge in [0.25, 0.3) is 0 Å². The molecule has 0 aliphatic carbocycles. The predicted molar refractivity (Wildman–Crippen MR) is 68.0 cm³/mol. The van der Waals surface area contributed by atoms with Crippen LogP contribution in [0.3, 0.4) is 0 Å². The van der Waals surface area contributed by atoms with Crippen molar-refractivity contribution >= 4 is 15.9 Å². The van der Waals surface area contributed by atoms with Gasteiger partial charge in [-0.05, 0) is 43.5 Å². The summed E-state index contributed by atoms with van der Waals surface area (Å²) in [6.45, 7) is 3.72. The Kier molecular flexibility index (Phi) is 4.24. The summed E-state index contributed by atoms with van der Waals surface area (Å²) in [7, 11) is 0. The van der Waals surface area contributed by atoms with Gasteiger partial charge in [0.2, 0.25) is 0 Å². The van der Waals surface area contributed by atoms with Crippen LogP contribution in [0.4, 0.5) is 0 Å². The van der Waals surface area contributed by atoms with Gasteiger partial charge in [0, 0.05) is 17.5 Å². The fourth-order valence-corrected chi connectivity index (χ4v) is 2.42. The molecule has 2 rings (SSSR count). The van der Waals surface area contributed by atoms with Gasteiger partial charge >= 0.3 is 0 Å². The molecule has 1 atom stereocenters. The highest BCUT2D eigenvalue weighted by Gasteiger charge is 2.15. The van der Waals surface area contributed by atoms with Crippen LogP contribution in [0.25, 0.3) is 0 Å². The second-order valence-corrected chi connectivity index (χ2v) is 5.10. The number of hydrogen-bond donors (Lipinski definition) is 0. The maximum atomic E-state index is 5.75. The summed E-state index contributed by atoms with van der Waals surface area (Å²) in [6, 6.07) is 6.09. The summed E-state index contributed by atoms with van der Waals surface area (Å²) in [6.07, 6.45) is 3.79. The van der Waals surface area contributed by atoms with Gasteiger partial charge in [0.05, 0.1) is 12.7 Å². The predicted octanol–water partition coefficient (Wildman–Crippen LogP) is 3.71. The molecule has 88 valence electrons. The number of hydrogen-bond acceptors (Lipinski definition) is 2. The van der Waals surface area contributed by atoms with E-state index in [1.54, 1.807) is 0 Å². The summed E-state index contributed by atoms with van der Waals surface area (Å²) >= 11 is 3.44. The molecule has 0 saturated carbocycles. The van der Waals surface area contributed by atoms with E-state index in [4.69, 9.17) is 9.47 Å². The van der Waals surface area contributed by atoms with E-state index in [0.29, 0.717) is 6.10 Å². The van der Waals surface area contributed by atoms with Crippen molar-refractivity contribution < 1.29 is 9.47 Å². The molecular weight excluding hydrogens is 268 g/mol. The largest absolute Gasteiger partial charge is 0.493 e. The zero-order valence-electron chi connectivity index (χ0n) is 9.54. The molecular formula is C13H17BrO2. The van der Waals surface area contributed by atoms with Gasteiger partial charge in [-0.15, -0.1) is 0 Å². The van der Waals surface area contributed by atoms with Gasteiger partial charge in [-0.1, -0.05) is 15.9 Å². The van der Waals surface area contributed by atoms with Crippen molar-refractivity contribution in [3.63, 3.8) is 0 Å². The Morgan fingerprint density at radius 2 is 2.38 bits per heavy atom. The van der Waals surface area contributed by atoms with E-state index in [2.05, 4.69) is 28.9 Å². The van der Waals surface area contributed by atoms with Crippen LogP contribution >= 0.6 is 15.9 Å². The van der Waals surface area contributed by atoms with Crippen molar-refractivity contribution in [2.75, 3.05) is 13.2 Å². The quantitative estimate of drug-likeness (QED) is 0.839. The van der Waals surface area contributed by atoms with Gasteiger partial charge in [-0.2, -0.15) is 0 Å². The molecule has 1 saturated heterocycles. The SMILES string of the molecule is Cc1cc(Br)ccc1OCCC1CCCO1. The Hall–Kier alpha value is -0.540. The van der Waals surface area contributed by atoms with Gasteiger partial charge in [-0.3, -0.25) is 0 Å². The Morgan fingerprint density at radius 1 is 1.50 bits per heavy atom. The van der Waals surface area contributed by atoms with Crippen molar-refractivity contribution in [1.82, 2.24) is 0 Å². The second-order valence-electron chi connectivity index (χ2n) is 4.18. The monoisotopic (exact) mass is 284 g/mol. The smallest absolute Gasteiger partial charge is 0.122 e. The van der Waals surface area contributed by atoms with Crippen molar-refractivity contribution in [3.8, 4) is 5.75 Å². The lowest BCUT2D eigenvalue weighted by Gasteiger charge is -2.12. The summed E-state index contributed by atoms with van der Waals surface area (Å²) in [4.78, 5) is 0. The molecule has 1 heterocycles. The second kappa shape index (κ2) is 5.69. The van der Waals surface area contributed by atoms with E-state index < -0.39 is 0 Å². The molecule has 1 aliphatic rings. The van der Waals surface area contributed by atoms with Crippen LogP contribution in [0.2, 0.25) is 0 Å². The number of aryl methyl sites for hydroxylation is 1. The lowest BCUT2D eigenvalue weighted by Crippen LogP contribution is -2.11. The lowest BCUT2D eigenvalue weighted by atomic mass is 10.2. The van der Waals surface area contributed by atoms with E-state index in [0.717, 1.165) is 29.9 Å². The molecule has 2 nitrogen and oxygen atoms in total. The van der Waals surface area contributed by atoms with Gasteiger partial charge in [0.15, 0.2) is 0 Å². The van der Waals surface area contributed by atoms with Crippen molar-refractivity contribution in [2.24, 2.45) is 0 Å². The van der Waals surface area contributed by atoms with E-state index in [1.165, 1.54) is 18.4 Å². The number of ether oxygens (including phenoxy) is 2. The van der Waals surface area contributed by atoms with Crippen LogP contribution in [0.15, 0.2) is 22.7 Å². The van der Waals surface area contributed by atoms with E-state index in [9.17, 15) is 0 Å². The zero-order chi connectivity index (χ0) is 11.4. The minimum atomic E-state index is 0.413. The molecule has 0 amide bonds. The lowest BCUT2D eigenvalue weighted by molar-refractivity contribution is 0.0902. The first-order valence-electron chi connectivity index (χ1n) is 5.76. The summed E-state index contributed by atoms with van der Waals surface area (Å²) in [5, 5.41) is 0. The molecule has 0 bridgehead atoms. The van der Waals surface area contributed by atoms with Crippen LogP contribution in [-0.2, 0) is 4.74 Å². The molecule has 1 aliphatic heterocycles. The highest BCUT2D eigenvalue weighted by Crippen LogP contribution is 2.23. The van der Waals surface area contributed by atoms with Crippen molar-refractivity contribution in [1.29, 1.82) is 0 Å². The van der Waals surface area contributed by atoms with Crippen molar-refractivity contribution in [3.05, 3.63) is 28.2 Å². The number of halogens is 1. The molecule has 1 aromatic rings. The molecule has 16 heavy (non-hydrogen) atoms. The maximum Gasteiger partial charge on any atom is 0.122 e. The van der Waals surface area contributed by atoms with E-state index >= 15 is 0 Å². The Labute approximate surface area is 105 Å². The maximum absolute atomic E-state index is 5.75. The van der Waals surface area contributed by atoms with Crippen molar-refractivity contribution in [2.45, 2.75) is 32.3 Å². The van der Waals surface area contributed by atoms with Crippen LogP contribution in [0.5, 0.6) is 5.75 Å². The first-order valence-corrected chi connectivity index (χ1v) is 6.55. The van der Waals surface area contributed by atoms with Crippen LogP contribution in [-0.4, -0.2) is 19.3 Å². The molecule has 0 N–H and O–H groups in total. The molecule has 1 fully saturated rings. The number of benzene rings is 1. The first kappa shape index (κ1) is 11.9. The fourth-order valence-electron chi connectivity index (χ4n) is 1.95. The summed E-state index contributed by atoms with van der Waals surface area (Å²) in [5.41, 5.74) is 1.17. The normalized spacial score (nSPS) is 20.0. The molecule has 3 heteroatoms. The summed E-state index contributed by atoms with van der Waals surface area (Å²) in [5.74, 6) is 0.973. The molecule has 1 aromatic carbocycles.